The first-order valence-electron chi connectivity index (χ1n) is 12.2. The van der Waals surface area contributed by atoms with Crippen molar-refractivity contribution >= 4 is 22.8 Å². The van der Waals surface area contributed by atoms with Crippen LogP contribution in [0.5, 0.6) is 11.5 Å². The monoisotopic (exact) mass is 484 g/mol. The van der Waals surface area contributed by atoms with E-state index in [-0.39, 0.29) is 12.7 Å². The average molecular weight is 485 g/mol. The van der Waals surface area contributed by atoms with Crippen molar-refractivity contribution in [3.05, 3.63) is 65.1 Å². The first kappa shape index (κ1) is 22.3. The number of hydrogen-bond acceptors (Lipinski definition) is 7. The Kier molecular flexibility index (Phi) is 5.47. The van der Waals surface area contributed by atoms with Crippen molar-refractivity contribution in [2.24, 2.45) is 0 Å². The number of amides is 1. The molecular formula is C27H28N6O3. The van der Waals surface area contributed by atoms with Crippen LogP contribution in [0.15, 0.2) is 42.5 Å². The lowest BCUT2D eigenvalue weighted by Crippen LogP contribution is -2.35. The summed E-state index contributed by atoms with van der Waals surface area (Å²) in [5.74, 6) is 2.88. The molecule has 1 saturated heterocycles. The molecule has 9 nitrogen and oxygen atoms in total. The van der Waals surface area contributed by atoms with Gasteiger partial charge in [0.2, 0.25) is 6.79 Å². The molecule has 1 fully saturated rings. The molecule has 36 heavy (non-hydrogen) atoms. The van der Waals surface area contributed by atoms with E-state index in [0.29, 0.717) is 42.5 Å². The van der Waals surface area contributed by atoms with Gasteiger partial charge in [0.05, 0.1) is 16.8 Å². The van der Waals surface area contributed by atoms with Crippen molar-refractivity contribution < 1.29 is 14.3 Å². The molecule has 2 aromatic carbocycles. The number of anilines is 1. The Morgan fingerprint density at radius 2 is 1.69 bits per heavy atom. The van der Waals surface area contributed by atoms with Crippen molar-refractivity contribution in [1.82, 2.24) is 24.6 Å². The van der Waals surface area contributed by atoms with Crippen LogP contribution in [0.1, 0.15) is 33.9 Å². The van der Waals surface area contributed by atoms with Gasteiger partial charge in [-0.25, -0.2) is 14.6 Å². The van der Waals surface area contributed by atoms with Crippen LogP contribution in [-0.2, 0) is 0 Å². The first-order valence-corrected chi connectivity index (χ1v) is 12.2. The van der Waals surface area contributed by atoms with Crippen LogP contribution in [0.4, 0.5) is 5.82 Å². The molecule has 0 atom stereocenters. The van der Waals surface area contributed by atoms with E-state index in [1.54, 1.807) is 18.2 Å². The van der Waals surface area contributed by atoms with Crippen molar-refractivity contribution in [3.63, 3.8) is 0 Å². The van der Waals surface area contributed by atoms with Crippen LogP contribution < -0.4 is 14.4 Å². The van der Waals surface area contributed by atoms with Crippen LogP contribution in [0.2, 0.25) is 0 Å². The molecule has 2 aliphatic rings. The second-order valence-corrected chi connectivity index (χ2v) is 9.33. The predicted octanol–water partition coefficient (Wildman–Crippen LogP) is 3.82. The van der Waals surface area contributed by atoms with E-state index < -0.39 is 0 Å². The fourth-order valence-electron chi connectivity index (χ4n) is 4.91. The normalized spacial score (nSPS) is 15.4. The number of aryl methyl sites for hydroxylation is 3. The fourth-order valence-corrected chi connectivity index (χ4v) is 4.91. The zero-order chi connectivity index (χ0) is 24.8. The van der Waals surface area contributed by atoms with Crippen molar-refractivity contribution in [2.75, 3.05) is 37.9 Å². The third kappa shape index (κ3) is 3.90. The number of carbonyl (C=O) groups is 1. The third-order valence-corrected chi connectivity index (χ3v) is 6.78. The van der Waals surface area contributed by atoms with E-state index in [1.165, 1.54) is 5.56 Å². The maximum absolute atomic E-state index is 13.3. The highest BCUT2D eigenvalue weighted by molar-refractivity contribution is 5.95. The number of ether oxygens (including phenoxy) is 2. The maximum Gasteiger partial charge on any atom is 0.254 e. The van der Waals surface area contributed by atoms with Crippen molar-refractivity contribution in [2.45, 2.75) is 27.2 Å². The Morgan fingerprint density at radius 3 is 2.53 bits per heavy atom. The standard InChI is InChI=1S/C27H28N6O3/c1-17-5-8-21(9-6-17)33-26-24(18(2)30-33)25(28-19(3)29-26)31-11-4-12-32(14-13-31)27(34)20-7-10-22-23(15-20)36-16-35-22/h5-10,15H,4,11-14,16H2,1-3H3. The average Bonchev–Trinajstić information content (AvgIpc) is 3.38. The van der Waals surface area contributed by atoms with Gasteiger partial charge < -0.3 is 19.3 Å². The third-order valence-electron chi connectivity index (χ3n) is 6.78. The minimum atomic E-state index is 0.00235. The van der Waals surface area contributed by atoms with E-state index in [2.05, 4.69) is 36.1 Å². The van der Waals surface area contributed by atoms with E-state index in [1.807, 2.05) is 23.4 Å². The largest absolute Gasteiger partial charge is 0.454 e. The van der Waals surface area contributed by atoms with Gasteiger partial charge in [-0.15, -0.1) is 0 Å². The van der Waals surface area contributed by atoms with Gasteiger partial charge in [0.1, 0.15) is 11.6 Å². The Balaban J connectivity index is 1.28. The number of carbonyl (C=O) groups excluding carboxylic acids is 1. The Morgan fingerprint density at radius 1 is 0.889 bits per heavy atom. The minimum absolute atomic E-state index is 0.00235. The highest BCUT2D eigenvalue weighted by Crippen LogP contribution is 2.33. The van der Waals surface area contributed by atoms with Crippen LogP contribution in [0.3, 0.4) is 0 Å². The molecule has 0 saturated carbocycles. The molecule has 0 radical (unpaired) electrons. The zero-order valence-corrected chi connectivity index (χ0v) is 20.7. The molecular weight excluding hydrogens is 456 g/mol. The highest BCUT2D eigenvalue weighted by atomic mass is 16.7. The number of nitrogens with zero attached hydrogens (tertiary/aromatic N) is 6. The number of aromatic nitrogens is 4. The summed E-state index contributed by atoms with van der Waals surface area (Å²) in [6, 6.07) is 13.6. The molecule has 2 aromatic heterocycles. The van der Waals surface area contributed by atoms with Gasteiger partial charge in [-0.05, 0) is 57.5 Å². The lowest BCUT2D eigenvalue weighted by molar-refractivity contribution is 0.0766. The second-order valence-electron chi connectivity index (χ2n) is 9.33. The van der Waals surface area contributed by atoms with Gasteiger partial charge in [-0.3, -0.25) is 4.79 Å². The molecule has 4 aromatic rings. The van der Waals surface area contributed by atoms with Gasteiger partial charge in [-0.2, -0.15) is 5.10 Å². The summed E-state index contributed by atoms with van der Waals surface area (Å²) < 4.78 is 12.7. The van der Waals surface area contributed by atoms with E-state index in [0.717, 1.165) is 41.2 Å². The van der Waals surface area contributed by atoms with Crippen LogP contribution in [-0.4, -0.2) is 63.5 Å². The van der Waals surface area contributed by atoms with Crippen molar-refractivity contribution in [3.8, 4) is 17.2 Å². The molecule has 2 aliphatic heterocycles. The smallest absolute Gasteiger partial charge is 0.254 e. The Bertz CT molecular complexity index is 1460. The molecule has 1 amide bonds. The van der Waals surface area contributed by atoms with Crippen LogP contribution >= 0.6 is 0 Å². The number of fused-ring (bicyclic) bond motifs is 2. The SMILES string of the molecule is Cc1ccc(-n2nc(C)c3c(N4CCCN(C(=O)c5ccc6c(c5)OCO6)CC4)nc(C)nc32)cc1. The molecule has 6 rings (SSSR count). The molecule has 0 unspecified atom stereocenters. The van der Waals surface area contributed by atoms with Crippen LogP contribution in [0, 0.1) is 20.8 Å². The van der Waals surface area contributed by atoms with Gasteiger partial charge in [0, 0.05) is 31.7 Å². The fraction of sp³-hybridized carbons (Fsp3) is 0.333. The summed E-state index contributed by atoms with van der Waals surface area (Å²) in [6.45, 7) is 8.93. The summed E-state index contributed by atoms with van der Waals surface area (Å²) in [7, 11) is 0. The molecule has 9 heteroatoms. The first-order chi connectivity index (χ1) is 17.5. The lowest BCUT2D eigenvalue weighted by atomic mass is 10.1. The Labute approximate surface area is 209 Å². The summed E-state index contributed by atoms with van der Waals surface area (Å²) in [5.41, 5.74) is 4.47. The topological polar surface area (TPSA) is 85.6 Å². The molecule has 0 bridgehead atoms. The summed E-state index contributed by atoms with van der Waals surface area (Å²) >= 11 is 0. The van der Waals surface area contributed by atoms with Crippen molar-refractivity contribution in [1.29, 1.82) is 0 Å². The zero-order valence-electron chi connectivity index (χ0n) is 20.7. The minimum Gasteiger partial charge on any atom is -0.454 e. The van der Waals surface area contributed by atoms with E-state index >= 15 is 0 Å². The lowest BCUT2D eigenvalue weighted by Gasteiger charge is -2.24. The quantitative estimate of drug-likeness (QED) is 0.437. The maximum atomic E-state index is 13.3. The molecule has 0 aliphatic carbocycles. The highest BCUT2D eigenvalue weighted by Gasteiger charge is 2.26. The summed E-state index contributed by atoms with van der Waals surface area (Å²) in [5, 5.41) is 5.78. The van der Waals surface area contributed by atoms with Crippen LogP contribution in [0.25, 0.3) is 16.7 Å². The number of benzene rings is 2. The molecule has 4 heterocycles. The number of hydrogen-bond donors (Lipinski definition) is 0. The number of rotatable bonds is 3. The van der Waals surface area contributed by atoms with Gasteiger partial charge in [0.15, 0.2) is 17.1 Å². The summed E-state index contributed by atoms with van der Waals surface area (Å²) in [6.07, 6.45) is 0.839. The predicted molar refractivity (Wildman–Crippen MR) is 136 cm³/mol. The summed E-state index contributed by atoms with van der Waals surface area (Å²) in [4.78, 5) is 27.0. The molecule has 0 N–H and O–H groups in total. The Hall–Kier alpha value is -4.14. The van der Waals surface area contributed by atoms with Gasteiger partial charge in [-0.1, -0.05) is 17.7 Å². The van der Waals surface area contributed by atoms with Gasteiger partial charge in [0.25, 0.3) is 5.91 Å². The molecule has 0 spiro atoms. The van der Waals surface area contributed by atoms with Gasteiger partial charge >= 0.3 is 0 Å². The van der Waals surface area contributed by atoms with E-state index in [4.69, 9.17) is 24.5 Å². The molecule has 184 valence electrons. The van der Waals surface area contributed by atoms with E-state index in [9.17, 15) is 4.79 Å². The second kappa shape index (κ2) is 8.82.